The van der Waals surface area contributed by atoms with Gasteiger partial charge in [0.1, 0.15) is 10.7 Å². The minimum atomic E-state index is -0.0709. The third-order valence-electron chi connectivity index (χ3n) is 4.06. The molecule has 1 aromatic carbocycles. The molecule has 0 saturated heterocycles. The number of aryl methyl sites for hydroxylation is 2. The quantitative estimate of drug-likeness (QED) is 0.505. The first-order chi connectivity index (χ1) is 12.4. The number of fused-ring (bicyclic) bond motifs is 1. The Labute approximate surface area is 169 Å². The van der Waals surface area contributed by atoms with Gasteiger partial charge in [-0.2, -0.15) is 0 Å². The number of benzene rings is 1. The predicted octanol–water partition coefficient (Wildman–Crippen LogP) is 5.78. The number of nitrogens with one attached hydrogen (secondary N) is 1. The number of aromatic amines is 1. The van der Waals surface area contributed by atoms with Crippen LogP contribution in [0.4, 0.5) is 0 Å². The number of H-pyrrole nitrogens is 1. The molecule has 1 atom stereocenters. The molecule has 0 aliphatic rings. The van der Waals surface area contributed by atoms with E-state index >= 15 is 0 Å². The van der Waals surface area contributed by atoms with Crippen molar-refractivity contribution < 1.29 is 4.74 Å². The smallest absolute Gasteiger partial charge is 0.259 e. The van der Waals surface area contributed by atoms with Crippen molar-refractivity contribution in [2.45, 2.75) is 26.0 Å². The summed E-state index contributed by atoms with van der Waals surface area (Å²) in [4.78, 5) is 21.9. The lowest BCUT2D eigenvalue weighted by Crippen LogP contribution is -2.13. The molecule has 3 rings (SSSR count). The highest BCUT2D eigenvalue weighted by atomic mass is 35.5. The van der Waals surface area contributed by atoms with Gasteiger partial charge >= 0.3 is 0 Å². The summed E-state index contributed by atoms with van der Waals surface area (Å²) in [7, 11) is 0. The molecule has 2 aromatic heterocycles. The first-order valence-corrected chi connectivity index (χ1v) is 10.7. The summed E-state index contributed by atoms with van der Waals surface area (Å²) in [6.07, 6.45) is 0. The van der Waals surface area contributed by atoms with Crippen molar-refractivity contribution >= 4 is 56.5 Å². The minimum Gasteiger partial charge on any atom is -0.490 e. The van der Waals surface area contributed by atoms with Gasteiger partial charge in [-0.1, -0.05) is 29.3 Å². The van der Waals surface area contributed by atoms with E-state index in [0.717, 1.165) is 15.3 Å². The highest BCUT2D eigenvalue weighted by Crippen LogP contribution is 2.33. The predicted molar refractivity (Wildman–Crippen MR) is 113 cm³/mol. The van der Waals surface area contributed by atoms with E-state index in [1.165, 1.54) is 0 Å². The fraction of sp³-hybridized carbons (Fsp3) is 0.333. The van der Waals surface area contributed by atoms with Gasteiger partial charge in [0.15, 0.2) is 5.75 Å². The van der Waals surface area contributed by atoms with Gasteiger partial charge in [-0.25, -0.2) is 4.98 Å². The van der Waals surface area contributed by atoms with Gasteiger partial charge in [-0.05, 0) is 38.5 Å². The average Bonchev–Trinajstić information content (AvgIpc) is 2.88. The summed E-state index contributed by atoms with van der Waals surface area (Å²) in [5.41, 5.74) is 0.939. The molecule has 4 nitrogen and oxygen atoms in total. The Bertz CT molecular complexity index is 981. The van der Waals surface area contributed by atoms with Crippen LogP contribution in [0.25, 0.3) is 10.2 Å². The second-order valence-corrected chi connectivity index (χ2v) is 9.29. The van der Waals surface area contributed by atoms with Crippen LogP contribution >= 0.6 is 46.3 Å². The van der Waals surface area contributed by atoms with E-state index in [2.05, 4.69) is 9.97 Å². The molecule has 2 heterocycles. The molecule has 0 bridgehead atoms. The van der Waals surface area contributed by atoms with Crippen molar-refractivity contribution in [3.63, 3.8) is 0 Å². The van der Waals surface area contributed by atoms with Gasteiger partial charge in [0.25, 0.3) is 5.56 Å². The van der Waals surface area contributed by atoms with Crippen LogP contribution in [-0.2, 0) is 0 Å². The Hall–Kier alpha value is -1.21. The summed E-state index contributed by atoms with van der Waals surface area (Å²) in [6, 6.07) is 5.27. The highest BCUT2D eigenvalue weighted by molar-refractivity contribution is 7.99. The number of rotatable bonds is 6. The fourth-order valence-corrected chi connectivity index (χ4v) is 4.88. The van der Waals surface area contributed by atoms with Crippen LogP contribution < -0.4 is 10.3 Å². The Morgan fingerprint density at radius 1 is 1.31 bits per heavy atom. The lowest BCUT2D eigenvalue weighted by atomic mass is 10.2. The van der Waals surface area contributed by atoms with Crippen molar-refractivity contribution in [2.24, 2.45) is 0 Å². The molecular weight excluding hydrogens is 411 g/mol. The minimum absolute atomic E-state index is 0.0418. The number of halogens is 2. The van der Waals surface area contributed by atoms with Gasteiger partial charge in [0.2, 0.25) is 0 Å². The van der Waals surface area contributed by atoms with E-state index in [0.29, 0.717) is 39.4 Å². The number of ether oxygens (including phenoxy) is 1. The molecule has 0 radical (unpaired) electrons. The molecule has 138 valence electrons. The van der Waals surface area contributed by atoms with E-state index in [9.17, 15) is 4.79 Å². The first-order valence-electron chi connectivity index (χ1n) is 8.06. The zero-order valence-electron chi connectivity index (χ0n) is 14.6. The molecule has 1 N–H and O–H groups in total. The van der Waals surface area contributed by atoms with Crippen LogP contribution in [0.1, 0.15) is 28.4 Å². The Morgan fingerprint density at radius 2 is 2.00 bits per heavy atom. The molecule has 0 aliphatic carbocycles. The summed E-state index contributed by atoms with van der Waals surface area (Å²) in [6.45, 7) is 6.45. The number of hydrogen-bond acceptors (Lipinski definition) is 5. The van der Waals surface area contributed by atoms with Crippen LogP contribution in [0, 0.1) is 13.8 Å². The number of para-hydroxylation sites is 1. The molecular formula is C18H18Cl2N2O2S2. The van der Waals surface area contributed by atoms with Crippen molar-refractivity contribution in [3.05, 3.63) is 54.9 Å². The van der Waals surface area contributed by atoms with Crippen molar-refractivity contribution in [2.75, 3.05) is 12.4 Å². The largest absolute Gasteiger partial charge is 0.490 e. The van der Waals surface area contributed by atoms with E-state index in [1.54, 1.807) is 41.3 Å². The normalized spacial score (nSPS) is 12.5. The van der Waals surface area contributed by atoms with Crippen LogP contribution in [0.2, 0.25) is 10.0 Å². The Balaban J connectivity index is 1.64. The number of thioether (sulfide) groups is 1. The van der Waals surface area contributed by atoms with Crippen LogP contribution in [0.3, 0.4) is 0 Å². The number of aromatic nitrogens is 2. The van der Waals surface area contributed by atoms with E-state index in [4.69, 9.17) is 27.9 Å². The van der Waals surface area contributed by atoms with Crippen molar-refractivity contribution in [3.8, 4) is 5.75 Å². The maximum Gasteiger partial charge on any atom is 0.259 e. The molecule has 0 spiro atoms. The average molecular weight is 429 g/mol. The molecule has 0 amide bonds. The zero-order valence-corrected chi connectivity index (χ0v) is 17.7. The maximum atomic E-state index is 12.4. The monoisotopic (exact) mass is 428 g/mol. The topological polar surface area (TPSA) is 55.0 Å². The van der Waals surface area contributed by atoms with Gasteiger partial charge < -0.3 is 9.72 Å². The highest BCUT2D eigenvalue weighted by Gasteiger charge is 2.15. The molecule has 8 heteroatoms. The third kappa shape index (κ3) is 4.03. The van der Waals surface area contributed by atoms with E-state index in [-0.39, 0.29) is 10.8 Å². The maximum absolute atomic E-state index is 12.4. The molecule has 26 heavy (non-hydrogen) atoms. The van der Waals surface area contributed by atoms with Crippen LogP contribution in [-0.4, -0.2) is 22.3 Å². The second-order valence-electron chi connectivity index (χ2n) is 5.83. The summed E-state index contributed by atoms with van der Waals surface area (Å²) >= 11 is 15.4. The van der Waals surface area contributed by atoms with Crippen molar-refractivity contribution in [1.29, 1.82) is 0 Å². The Kier molecular flexibility index (Phi) is 6.17. The fourth-order valence-electron chi connectivity index (χ4n) is 2.53. The zero-order chi connectivity index (χ0) is 18.8. The number of hydrogen-bond donors (Lipinski definition) is 1. The van der Waals surface area contributed by atoms with Gasteiger partial charge in [-0.15, -0.1) is 23.1 Å². The molecule has 0 saturated carbocycles. The lowest BCUT2D eigenvalue weighted by molar-refractivity contribution is 0.344. The van der Waals surface area contributed by atoms with Gasteiger partial charge in [-0.3, -0.25) is 4.79 Å². The molecule has 1 unspecified atom stereocenters. The molecule has 0 fully saturated rings. The first kappa shape index (κ1) is 19.5. The lowest BCUT2D eigenvalue weighted by Gasteiger charge is -2.12. The Morgan fingerprint density at radius 3 is 2.69 bits per heavy atom. The van der Waals surface area contributed by atoms with E-state index < -0.39 is 0 Å². The van der Waals surface area contributed by atoms with Crippen LogP contribution in [0.15, 0.2) is 23.0 Å². The molecule has 3 aromatic rings. The summed E-state index contributed by atoms with van der Waals surface area (Å²) < 4.78 is 5.69. The number of thiophene rings is 1. The van der Waals surface area contributed by atoms with Crippen molar-refractivity contribution in [1.82, 2.24) is 9.97 Å². The van der Waals surface area contributed by atoms with Gasteiger partial charge in [0, 0.05) is 10.6 Å². The van der Waals surface area contributed by atoms with Gasteiger partial charge in [0.05, 0.1) is 27.3 Å². The standard InChI is InChI=1S/C18H18Cl2N2O2S2/c1-9-10(2)26-18-14(9)17(23)21-16(22-18)11(3)25-8-7-24-15-12(19)5-4-6-13(15)20/h4-6,11H,7-8H2,1-3H3,(H,21,22,23). The summed E-state index contributed by atoms with van der Waals surface area (Å²) in [5, 5.41) is 1.73. The van der Waals surface area contributed by atoms with Crippen LogP contribution in [0.5, 0.6) is 5.75 Å². The summed E-state index contributed by atoms with van der Waals surface area (Å²) in [5.74, 6) is 1.90. The number of nitrogens with zero attached hydrogens (tertiary/aromatic N) is 1. The third-order valence-corrected chi connectivity index (χ3v) is 6.88. The van der Waals surface area contributed by atoms with E-state index in [1.807, 2.05) is 20.8 Å². The molecule has 0 aliphatic heterocycles. The SMILES string of the molecule is Cc1sc2nc(C(C)SCCOc3c(Cl)cccc3Cl)[nH]c(=O)c2c1C. The second kappa shape index (κ2) is 8.21.